The molecule has 0 radical (unpaired) electrons. The van der Waals surface area contributed by atoms with Crippen molar-refractivity contribution in [3.63, 3.8) is 0 Å². The quantitative estimate of drug-likeness (QED) is 0.309. The lowest BCUT2D eigenvalue weighted by Gasteiger charge is -2.25. The summed E-state index contributed by atoms with van der Waals surface area (Å²) in [4.78, 5) is 51.6. The maximum Gasteiger partial charge on any atom is 0.365 e. The Morgan fingerprint density at radius 2 is 1.73 bits per heavy atom. The molecule has 0 aliphatic carbocycles. The number of rotatable bonds is 6. The highest BCUT2D eigenvalue weighted by molar-refractivity contribution is 6.31. The zero-order valence-electron chi connectivity index (χ0n) is 15.2. The van der Waals surface area contributed by atoms with Crippen molar-refractivity contribution >= 4 is 46.2 Å². The Morgan fingerprint density at radius 1 is 1.07 bits per heavy atom. The minimum Gasteiger partial charge on any atom is -0.478 e. The van der Waals surface area contributed by atoms with Crippen molar-refractivity contribution < 1.29 is 38.5 Å². The number of H-pyrrole nitrogens is 1. The summed E-state index contributed by atoms with van der Waals surface area (Å²) in [5.74, 6) is -6.91. The van der Waals surface area contributed by atoms with Crippen LogP contribution in [0.25, 0.3) is 10.9 Å². The van der Waals surface area contributed by atoms with Gasteiger partial charge in [-0.05, 0) is 24.3 Å². The van der Waals surface area contributed by atoms with Gasteiger partial charge in [-0.2, -0.15) is 0 Å². The SMILES string of the molecule is CC(=O)OC(C(=O)O)(C(=O)O)c1c(C(=O)c2cccc(F)c2)[nH]c2cc(Cl)ccc12. The molecule has 1 heterocycles. The molecule has 0 aliphatic heterocycles. The minimum atomic E-state index is -3.24. The van der Waals surface area contributed by atoms with Gasteiger partial charge in [0, 0.05) is 28.4 Å². The Bertz CT molecular complexity index is 1200. The molecular formula is C20H13ClFNO7. The maximum absolute atomic E-state index is 13.6. The number of aromatic amines is 1. The number of ether oxygens (including phenoxy) is 1. The van der Waals surface area contributed by atoms with Crippen molar-refractivity contribution in [1.82, 2.24) is 4.98 Å². The summed E-state index contributed by atoms with van der Waals surface area (Å²) < 4.78 is 18.4. The summed E-state index contributed by atoms with van der Waals surface area (Å²) in [5.41, 5.74) is -4.41. The van der Waals surface area contributed by atoms with Gasteiger partial charge < -0.3 is 19.9 Å². The standard InChI is InChI=1S/C20H13ClFNO7/c1-9(24)30-20(18(26)27,19(28)29)15-13-6-5-11(21)8-14(13)23-16(15)17(25)10-3-2-4-12(22)7-10/h2-8,23H,1H3,(H,26,27)(H,28,29). The van der Waals surface area contributed by atoms with E-state index in [1.165, 1.54) is 30.3 Å². The van der Waals surface area contributed by atoms with Crippen LogP contribution in [0.2, 0.25) is 5.02 Å². The number of aromatic nitrogens is 1. The van der Waals surface area contributed by atoms with Crippen LogP contribution in [0.4, 0.5) is 4.39 Å². The molecule has 3 N–H and O–H groups in total. The molecule has 8 nitrogen and oxygen atoms in total. The number of nitrogens with one attached hydrogen (secondary N) is 1. The van der Waals surface area contributed by atoms with Crippen LogP contribution in [0.1, 0.15) is 28.5 Å². The number of ketones is 1. The molecule has 154 valence electrons. The van der Waals surface area contributed by atoms with E-state index in [9.17, 15) is 33.8 Å². The highest BCUT2D eigenvalue weighted by Crippen LogP contribution is 2.38. The Balaban J connectivity index is 2.43. The largest absolute Gasteiger partial charge is 0.478 e. The van der Waals surface area contributed by atoms with Crippen molar-refractivity contribution in [3.05, 3.63) is 70.1 Å². The van der Waals surface area contributed by atoms with Crippen molar-refractivity contribution in [1.29, 1.82) is 0 Å². The fourth-order valence-corrected chi connectivity index (χ4v) is 3.31. The van der Waals surface area contributed by atoms with Gasteiger partial charge in [-0.25, -0.2) is 14.0 Å². The normalized spacial score (nSPS) is 11.3. The molecule has 3 rings (SSSR count). The van der Waals surface area contributed by atoms with Gasteiger partial charge >= 0.3 is 23.5 Å². The highest BCUT2D eigenvalue weighted by Gasteiger charge is 2.56. The van der Waals surface area contributed by atoms with E-state index in [1.54, 1.807) is 0 Å². The van der Waals surface area contributed by atoms with E-state index in [2.05, 4.69) is 4.98 Å². The van der Waals surface area contributed by atoms with Gasteiger partial charge in [0.05, 0.1) is 11.3 Å². The van der Waals surface area contributed by atoms with Crippen LogP contribution in [-0.2, 0) is 24.7 Å². The molecule has 3 aromatic rings. The Morgan fingerprint density at radius 3 is 2.30 bits per heavy atom. The van der Waals surface area contributed by atoms with E-state index in [0.29, 0.717) is 0 Å². The van der Waals surface area contributed by atoms with Crippen molar-refractivity contribution in [2.45, 2.75) is 12.5 Å². The van der Waals surface area contributed by atoms with Gasteiger partial charge in [0.1, 0.15) is 5.82 Å². The van der Waals surface area contributed by atoms with Crippen LogP contribution in [0.3, 0.4) is 0 Å². The maximum atomic E-state index is 13.6. The summed E-state index contributed by atoms with van der Waals surface area (Å²) in [5, 5.41) is 19.7. The number of fused-ring (bicyclic) bond motifs is 1. The number of carbonyl (C=O) groups excluding carboxylic acids is 2. The van der Waals surface area contributed by atoms with Gasteiger partial charge in [0.2, 0.25) is 5.78 Å². The molecule has 0 saturated heterocycles. The smallest absolute Gasteiger partial charge is 0.365 e. The zero-order chi connectivity index (χ0) is 22.2. The zero-order valence-corrected chi connectivity index (χ0v) is 16.0. The number of esters is 1. The number of hydrogen-bond acceptors (Lipinski definition) is 5. The van der Waals surface area contributed by atoms with Gasteiger partial charge in [0.15, 0.2) is 0 Å². The number of hydrogen-bond donors (Lipinski definition) is 3. The van der Waals surface area contributed by atoms with Gasteiger partial charge in [-0.1, -0.05) is 29.8 Å². The molecule has 2 aromatic carbocycles. The van der Waals surface area contributed by atoms with E-state index >= 15 is 0 Å². The van der Waals surface area contributed by atoms with Crippen molar-refractivity contribution in [2.75, 3.05) is 0 Å². The Labute approximate surface area is 172 Å². The van der Waals surface area contributed by atoms with Crippen LogP contribution >= 0.6 is 11.6 Å². The van der Waals surface area contributed by atoms with Gasteiger partial charge in [-0.3, -0.25) is 9.59 Å². The molecule has 0 saturated carbocycles. The second kappa shape index (κ2) is 7.60. The monoisotopic (exact) mass is 433 g/mol. The summed E-state index contributed by atoms with van der Waals surface area (Å²) in [6, 6.07) is 8.50. The fraction of sp³-hybridized carbons (Fsp3) is 0.100. The molecule has 1 aromatic heterocycles. The van der Waals surface area contributed by atoms with E-state index in [-0.39, 0.29) is 21.5 Å². The van der Waals surface area contributed by atoms with Gasteiger partial charge in [-0.15, -0.1) is 0 Å². The summed E-state index contributed by atoms with van der Waals surface area (Å²) in [6.07, 6.45) is 0. The first-order valence-corrected chi connectivity index (χ1v) is 8.74. The molecule has 0 fully saturated rings. The van der Waals surface area contributed by atoms with Crippen molar-refractivity contribution in [2.24, 2.45) is 0 Å². The first-order chi connectivity index (χ1) is 14.1. The second-order valence-electron chi connectivity index (χ2n) is 6.29. The molecule has 0 bridgehead atoms. The fourth-order valence-electron chi connectivity index (χ4n) is 3.14. The molecule has 0 spiro atoms. The highest BCUT2D eigenvalue weighted by atomic mass is 35.5. The second-order valence-corrected chi connectivity index (χ2v) is 6.73. The number of carbonyl (C=O) groups is 4. The van der Waals surface area contributed by atoms with E-state index in [1.807, 2.05) is 0 Å². The van der Waals surface area contributed by atoms with Crippen molar-refractivity contribution in [3.8, 4) is 0 Å². The number of halogens is 2. The summed E-state index contributed by atoms with van der Waals surface area (Å²) >= 11 is 5.95. The molecule has 0 atom stereocenters. The Kier molecular flexibility index (Phi) is 5.32. The number of carboxylic acids is 2. The average Bonchev–Trinajstić information content (AvgIpc) is 3.03. The lowest BCUT2D eigenvalue weighted by Crippen LogP contribution is -2.48. The Hall–Kier alpha value is -3.72. The molecular weight excluding hydrogens is 421 g/mol. The van der Waals surface area contributed by atoms with E-state index in [0.717, 1.165) is 19.1 Å². The molecule has 0 amide bonds. The lowest BCUT2D eigenvalue weighted by molar-refractivity contribution is -0.191. The molecule has 30 heavy (non-hydrogen) atoms. The third kappa shape index (κ3) is 3.39. The lowest BCUT2D eigenvalue weighted by atomic mass is 9.88. The van der Waals surface area contributed by atoms with E-state index < -0.39 is 46.4 Å². The van der Waals surface area contributed by atoms with Crippen LogP contribution in [0.5, 0.6) is 0 Å². The first kappa shape index (κ1) is 21.0. The topological polar surface area (TPSA) is 134 Å². The molecule has 0 aliphatic rings. The third-order valence-corrected chi connectivity index (χ3v) is 4.56. The predicted molar refractivity (Wildman–Crippen MR) is 102 cm³/mol. The predicted octanol–water partition coefficient (Wildman–Crippen LogP) is 3.12. The number of carboxylic acid groups (broad SMARTS) is 2. The van der Waals surface area contributed by atoms with Crippen LogP contribution in [0.15, 0.2) is 42.5 Å². The number of aliphatic carboxylic acids is 2. The molecule has 10 heteroatoms. The minimum absolute atomic E-state index is 0.0230. The molecule has 0 unspecified atom stereocenters. The summed E-state index contributed by atoms with van der Waals surface area (Å²) in [6.45, 7) is 0.834. The summed E-state index contributed by atoms with van der Waals surface area (Å²) in [7, 11) is 0. The van der Waals surface area contributed by atoms with E-state index in [4.69, 9.17) is 16.3 Å². The van der Waals surface area contributed by atoms with Gasteiger partial charge in [0.25, 0.3) is 0 Å². The average molecular weight is 434 g/mol. The van der Waals surface area contributed by atoms with Crippen LogP contribution in [-0.4, -0.2) is 38.9 Å². The third-order valence-electron chi connectivity index (χ3n) is 4.33. The first-order valence-electron chi connectivity index (χ1n) is 8.36. The number of benzene rings is 2. The van der Waals surface area contributed by atoms with Crippen LogP contribution < -0.4 is 0 Å². The van der Waals surface area contributed by atoms with Crippen LogP contribution in [0, 0.1) is 5.82 Å².